The third-order valence-electron chi connectivity index (χ3n) is 5.67. The highest BCUT2D eigenvalue weighted by Crippen LogP contribution is 2.23. The van der Waals surface area contributed by atoms with Crippen molar-refractivity contribution in [2.45, 2.75) is 58.2 Å². The number of para-hydroxylation sites is 1. The Morgan fingerprint density at radius 2 is 1.76 bits per heavy atom. The Kier molecular flexibility index (Phi) is 7.92. The van der Waals surface area contributed by atoms with Gasteiger partial charge in [-0.25, -0.2) is 0 Å². The number of carbonyl (C=O) groups is 2. The molecule has 2 heterocycles. The van der Waals surface area contributed by atoms with Gasteiger partial charge in [0, 0.05) is 26.2 Å². The summed E-state index contributed by atoms with van der Waals surface area (Å²) in [6.07, 6.45) is 4.37. The standard InChI is InChI=1S/C23H34N2O4/c1-18(2)29-21-10-14-24(15-11-21)23(27)19-7-6-13-25(17-19)22(26)12-16-28-20-8-4-3-5-9-20/h3-5,8-9,18-19,21H,6-7,10-17H2,1-2H3. The molecule has 2 fully saturated rings. The van der Waals surface area contributed by atoms with Gasteiger partial charge in [0.2, 0.25) is 11.8 Å². The van der Waals surface area contributed by atoms with Crippen molar-refractivity contribution in [2.24, 2.45) is 5.92 Å². The number of piperidine rings is 2. The van der Waals surface area contributed by atoms with E-state index in [2.05, 4.69) is 13.8 Å². The van der Waals surface area contributed by atoms with Crippen LogP contribution in [-0.2, 0) is 14.3 Å². The molecule has 6 heteroatoms. The summed E-state index contributed by atoms with van der Waals surface area (Å²) in [6, 6.07) is 9.53. The van der Waals surface area contributed by atoms with E-state index in [0.717, 1.165) is 51.1 Å². The predicted octanol–water partition coefficient (Wildman–Crippen LogP) is 3.11. The molecule has 29 heavy (non-hydrogen) atoms. The number of benzene rings is 1. The summed E-state index contributed by atoms with van der Waals surface area (Å²) in [7, 11) is 0. The number of rotatable bonds is 7. The lowest BCUT2D eigenvalue weighted by Gasteiger charge is -2.38. The second kappa shape index (κ2) is 10.6. The molecule has 1 unspecified atom stereocenters. The third kappa shape index (κ3) is 6.46. The highest BCUT2D eigenvalue weighted by Gasteiger charge is 2.33. The Morgan fingerprint density at radius 3 is 2.45 bits per heavy atom. The zero-order valence-corrected chi connectivity index (χ0v) is 17.7. The molecule has 2 amide bonds. The highest BCUT2D eigenvalue weighted by molar-refractivity contribution is 5.81. The Hall–Kier alpha value is -2.08. The maximum absolute atomic E-state index is 13.0. The molecule has 2 aliphatic rings. The second-order valence-corrected chi connectivity index (χ2v) is 8.30. The SMILES string of the molecule is CC(C)OC1CCN(C(=O)C2CCCN(C(=O)CCOc3ccccc3)C2)CC1. The van der Waals surface area contributed by atoms with Gasteiger partial charge in [-0.1, -0.05) is 18.2 Å². The molecule has 0 saturated carbocycles. The number of nitrogens with zero attached hydrogens (tertiary/aromatic N) is 2. The first-order chi connectivity index (χ1) is 14.0. The van der Waals surface area contributed by atoms with Crippen LogP contribution in [0.5, 0.6) is 5.75 Å². The Labute approximate surface area is 174 Å². The van der Waals surface area contributed by atoms with Gasteiger partial charge in [-0.3, -0.25) is 9.59 Å². The van der Waals surface area contributed by atoms with Crippen molar-refractivity contribution in [3.63, 3.8) is 0 Å². The van der Waals surface area contributed by atoms with Crippen LogP contribution >= 0.6 is 0 Å². The molecule has 160 valence electrons. The fourth-order valence-corrected chi connectivity index (χ4v) is 4.19. The van der Waals surface area contributed by atoms with Crippen molar-refractivity contribution >= 4 is 11.8 Å². The molecule has 3 rings (SSSR count). The summed E-state index contributed by atoms with van der Waals surface area (Å²) in [5, 5.41) is 0. The maximum Gasteiger partial charge on any atom is 0.227 e. The fourth-order valence-electron chi connectivity index (χ4n) is 4.19. The van der Waals surface area contributed by atoms with E-state index in [-0.39, 0.29) is 29.9 Å². The quantitative estimate of drug-likeness (QED) is 0.703. The van der Waals surface area contributed by atoms with E-state index >= 15 is 0 Å². The predicted molar refractivity (Wildman–Crippen MR) is 112 cm³/mol. The molecular formula is C23H34N2O4. The Morgan fingerprint density at radius 1 is 1.03 bits per heavy atom. The van der Waals surface area contributed by atoms with Crippen molar-refractivity contribution < 1.29 is 19.1 Å². The Bertz CT molecular complexity index is 656. The topological polar surface area (TPSA) is 59.1 Å². The summed E-state index contributed by atoms with van der Waals surface area (Å²) in [6.45, 7) is 7.24. The third-order valence-corrected chi connectivity index (χ3v) is 5.67. The van der Waals surface area contributed by atoms with Crippen molar-refractivity contribution in [2.75, 3.05) is 32.8 Å². The summed E-state index contributed by atoms with van der Waals surface area (Å²) < 4.78 is 11.5. The largest absolute Gasteiger partial charge is 0.493 e. The number of likely N-dealkylation sites (tertiary alicyclic amines) is 2. The molecule has 0 spiro atoms. The number of hydrogen-bond donors (Lipinski definition) is 0. The van der Waals surface area contributed by atoms with E-state index in [4.69, 9.17) is 9.47 Å². The average molecular weight is 403 g/mol. The van der Waals surface area contributed by atoms with Crippen molar-refractivity contribution in [1.82, 2.24) is 9.80 Å². The van der Waals surface area contributed by atoms with E-state index in [9.17, 15) is 9.59 Å². The molecule has 0 N–H and O–H groups in total. The first-order valence-electron chi connectivity index (χ1n) is 10.9. The zero-order chi connectivity index (χ0) is 20.6. The minimum Gasteiger partial charge on any atom is -0.493 e. The van der Waals surface area contributed by atoms with Gasteiger partial charge < -0.3 is 19.3 Å². The molecule has 1 atom stereocenters. The summed E-state index contributed by atoms with van der Waals surface area (Å²) in [5.74, 6) is 0.968. The van der Waals surface area contributed by atoms with E-state index < -0.39 is 0 Å². The molecule has 6 nitrogen and oxygen atoms in total. The molecule has 0 aromatic heterocycles. The smallest absolute Gasteiger partial charge is 0.227 e. The van der Waals surface area contributed by atoms with Crippen molar-refractivity contribution in [1.29, 1.82) is 0 Å². The lowest BCUT2D eigenvalue weighted by Crippen LogP contribution is -2.49. The minimum atomic E-state index is -0.0784. The summed E-state index contributed by atoms with van der Waals surface area (Å²) >= 11 is 0. The molecule has 1 aromatic rings. The van der Waals surface area contributed by atoms with Gasteiger partial charge in [-0.2, -0.15) is 0 Å². The van der Waals surface area contributed by atoms with E-state index in [1.807, 2.05) is 40.1 Å². The van der Waals surface area contributed by atoms with Crippen LogP contribution in [-0.4, -0.2) is 66.6 Å². The first-order valence-corrected chi connectivity index (χ1v) is 10.9. The van der Waals surface area contributed by atoms with Crippen LogP contribution in [0.4, 0.5) is 0 Å². The van der Waals surface area contributed by atoms with Crippen LogP contribution in [0.1, 0.15) is 46.0 Å². The van der Waals surface area contributed by atoms with Crippen molar-refractivity contribution in [3.8, 4) is 5.75 Å². The van der Waals surface area contributed by atoms with Crippen LogP contribution in [0.3, 0.4) is 0 Å². The molecule has 1 aromatic carbocycles. The maximum atomic E-state index is 13.0. The van der Waals surface area contributed by atoms with Gasteiger partial charge in [0.05, 0.1) is 31.2 Å². The van der Waals surface area contributed by atoms with Crippen LogP contribution in [0, 0.1) is 5.92 Å². The normalized spacial score (nSPS) is 20.7. The van der Waals surface area contributed by atoms with Gasteiger partial charge in [-0.15, -0.1) is 0 Å². The zero-order valence-electron chi connectivity index (χ0n) is 17.7. The Balaban J connectivity index is 1.42. The minimum absolute atomic E-state index is 0.0717. The molecule has 0 aliphatic carbocycles. The van der Waals surface area contributed by atoms with E-state index in [1.165, 1.54) is 0 Å². The number of ether oxygens (including phenoxy) is 2. The summed E-state index contributed by atoms with van der Waals surface area (Å²) in [5.41, 5.74) is 0. The van der Waals surface area contributed by atoms with Gasteiger partial charge in [-0.05, 0) is 51.7 Å². The fraction of sp³-hybridized carbons (Fsp3) is 0.652. The average Bonchev–Trinajstić information content (AvgIpc) is 2.74. The lowest BCUT2D eigenvalue weighted by molar-refractivity contribution is -0.143. The molecule has 2 aliphatic heterocycles. The number of amides is 2. The molecule has 0 radical (unpaired) electrons. The van der Waals surface area contributed by atoms with E-state index in [1.54, 1.807) is 0 Å². The van der Waals surface area contributed by atoms with Gasteiger partial charge in [0.1, 0.15) is 5.75 Å². The second-order valence-electron chi connectivity index (χ2n) is 8.30. The molecular weight excluding hydrogens is 368 g/mol. The van der Waals surface area contributed by atoms with Crippen LogP contribution < -0.4 is 4.74 Å². The van der Waals surface area contributed by atoms with Crippen LogP contribution in [0.2, 0.25) is 0 Å². The van der Waals surface area contributed by atoms with Gasteiger partial charge in [0.15, 0.2) is 0 Å². The van der Waals surface area contributed by atoms with Crippen molar-refractivity contribution in [3.05, 3.63) is 30.3 Å². The number of hydrogen-bond acceptors (Lipinski definition) is 4. The number of carbonyl (C=O) groups excluding carboxylic acids is 2. The first kappa shape index (κ1) is 21.6. The monoisotopic (exact) mass is 402 g/mol. The lowest BCUT2D eigenvalue weighted by atomic mass is 9.95. The summed E-state index contributed by atoms with van der Waals surface area (Å²) in [4.78, 5) is 29.4. The molecule has 0 bridgehead atoms. The highest BCUT2D eigenvalue weighted by atomic mass is 16.5. The van der Waals surface area contributed by atoms with E-state index in [0.29, 0.717) is 19.6 Å². The van der Waals surface area contributed by atoms with Gasteiger partial charge >= 0.3 is 0 Å². The van der Waals surface area contributed by atoms with Crippen LogP contribution in [0.25, 0.3) is 0 Å². The molecule has 2 saturated heterocycles. The van der Waals surface area contributed by atoms with Gasteiger partial charge in [0.25, 0.3) is 0 Å². The van der Waals surface area contributed by atoms with Crippen LogP contribution in [0.15, 0.2) is 30.3 Å².